The van der Waals surface area contributed by atoms with Gasteiger partial charge in [-0.3, -0.25) is 14.8 Å². The van der Waals surface area contributed by atoms with Crippen LogP contribution in [0.3, 0.4) is 0 Å². The fourth-order valence-corrected chi connectivity index (χ4v) is 4.72. The van der Waals surface area contributed by atoms with Crippen molar-refractivity contribution in [2.75, 3.05) is 44.2 Å². The fraction of sp³-hybridized carbons (Fsp3) is 0.560. The zero-order chi connectivity index (χ0) is 29.2. The first-order valence-corrected chi connectivity index (χ1v) is 24.0. The molecule has 0 bridgehead atoms. The first kappa shape index (κ1) is 50.4. The van der Waals surface area contributed by atoms with Crippen molar-refractivity contribution >= 4 is 127 Å². The van der Waals surface area contributed by atoms with Gasteiger partial charge in [0.25, 0.3) is 0 Å². The number of halogens is 7. The molecule has 0 aliphatic carbocycles. The summed E-state index contributed by atoms with van der Waals surface area (Å²) >= 11 is 23.9. The van der Waals surface area contributed by atoms with Crippen molar-refractivity contribution in [3.8, 4) is 0 Å². The summed E-state index contributed by atoms with van der Waals surface area (Å²) < 4.78 is 3.67. The van der Waals surface area contributed by atoms with Gasteiger partial charge in [-0.15, -0.1) is 0 Å². The Bertz CT molecular complexity index is 786. The topological polar surface area (TPSA) is 61.4 Å². The Labute approximate surface area is 306 Å². The van der Waals surface area contributed by atoms with Crippen molar-refractivity contribution in [1.82, 2.24) is 20.2 Å². The number of amides is 1. The molecule has 0 saturated carbocycles. The molecular weight excluding hydrogens is 1050 g/mol. The van der Waals surface area contributed by atoms with Crippen LogP contribution in [-0.4, -0.2) is 60.5 Å². The average molecular weight is 1090 g/mol. The van der Waals surface area contributed by atoms with Gasteiger partial charge in [0, 0.05) is 51.0 Å². The molecule has 0 radical (unpaired) electrons. The Morgan fingerprint density at radius 1 is 0.795 bits per heavy atom. The summed E-state index contributed by atoms with van der Waals surface area (Å²) in [5.41, 5.74) is 1.18. The van der Waals surface area contributed by atoms with E-state index < -0.39 is 0 Å². The fourth-order valence-electron chi connectivity index (χ4n) is 2.26. The van der Waals surface area contributed by atoms with E-state index >= 15 is 0 Å². The molecule has 39 heavy (non-hydrogen) atoms. The molecule has 0 aromatic carbocycles. The quantitative estimate of drug-likeness (QED) is 0.211. The van der Waals surface area contributed by atoms with Crippen LogP contribution in [0, 0.1) is 0 Å². The molecular formula is C25H44Br4ClI2N5OV. The van der Waals surface area contributed by atoms with Crippen molar-refractivity contribution < 1.29 is 14.3 Å². The molecule has 1 amide bonds. The molecule has 14 heteroatoms. The van der Waals surface area contributed by atoms with E-state index in [-0.39, 0.29) is 14.9 Å². The predicted octanol–water partition coefficient (Wildman–Crippen LogP) is 10.9. The number of hydrogen-bond acceptors (Lipinski definition) is 5. The maximum absolute atomic E-state index is 9.89. The zero-order valence-electron chi connectivity index (χ0n) is 21.9. The Hall–Kier alpha value is 1.78. The number of rotatable bonds is 8. The van der Waals surface area contributed by atoms with Gasteiger partial charge in [-0.2, -0.15) is 0 Å². The molecule has 2 rings (SSSR count). The minimum atomic E-state index is 0. The van der Waals surface area contributed by atoms with Gasteiger partial charge in [0.2, 0.25) is 6.41 Å². The van der Waals surface area contributed by atoms with E-state index in [0.717, 1.165) is 63.6 Å². The van der Waals surface area contributed by atoms with Crippen LogP contribution in [-0.2, 0) is 14.3 Å². The molecule has 0 spiro atoms. The summed E-state index contributed by atoms with van der Waals surface area (Å²) in [6.07, 6.45) is 7.79. The Morgan fingerprint density at radius 3 is 1.31 bits per heavy atom. The number of nitrogens with zero attached hydrogens (tertiary/aromatic N) is 4. The number of aromatic nitrogens is 2. The van der Waals surface area contributed by atoms with Gasteiger partial charge in [0.05, 0.1) is 28.6 Å². The number of pyridine rings is 2. The number of nitrogens with one attached hydrogen (secondary N) is 1. The van der Waals surface area contributed by atoms with Crippen molar-refractivity contribution in [2.45, 2.75) is 56.4 Å². The summed E-state index contributed by atoms with van der Waals surface area (Å²) in [6, 6.07) is 0. The van der Waals surface area contributed by atoms with Gasteiger partial charge in [-0.25, -0.2) is 0 Å². The molecule has 0 aliphatic heterocycles. The molecule has 6 nitrogen and oxygen atoms in total. The van der Waals surface area contributed by atoms with Crippen molar-refractivity contribution in [1.29, 1.82) is 0 Å². The first-order valence-electron chi connectivity index (χ1n) is 11.4. The first-order chi connectivity index (χ1) is 17.6. The molecule has 0 unspecified atom stereocenters. The molecule has 2 aromatic heterocycles. The van der Waals surface area contributed by atoms with Crippen LogP contribution in [0.1, 0.15) is 56.4 Å². The molecule has 0 fully saturated rings. The average Bonchev–Trinajstić information content (AvgIpc) is 2.88. The summed E-state index contributed by atoms with van der Waals surface area (Å²) in [6.45, 7) is 18.2. The van der Waals surface area contributed by atoms with Crippen LogP contribution in [0.2, 0.25) is 5.02 Å². The van der Waals surface area contributed by atoms with Gasteiger partial charge >= 0.3 is 49.4 Å². The Morgan fingerprint density at radius 2 is 1.13 bits per heavy atom. The summed E-state index contributed by atoms with van der Waals surface area (Å²) in [5, 5.41) is 3.77. The van der Waals surface area contributed by atoms with Crippen LogP contribution in [0.25, 0.3) is 0 Å². The van der Waals surface area contributed by atoms with Gasteiger partial charge in [0.15, 0.2) is 0 Å². The van der Waals surface area contributed by atoms with E-state index in [0.29, 0.717) is 14.5 Å². The molecule has 0 atom stereocenters. The van der Waals surface area contributed by atoms with E-state index in [4.69, 9.17) is 11.6 Å². The van der Waals surface area contributed by atoms with E-state index in [1.165, 1.54) is 5.69 Å². The van der Waals surface area contributed by atoms with Crippen LogP contribution >= 0.6 is 115 Å². The van der Waals surface area contributed by atoms with Crippen LogP contribution in [0.15, 0.2) is 42.7 Å². The third-order valence-electron chi connectivity index (χ3n) is 4.16. The van der Waals surface area contributed by atoms with Gasteiger partial charge in [-0.05, 0) is 105 Å². The summed E-state index contributed by atoms with van der Waals surface area (Å²) in [5.74, 6) is 0. The number of hydrogen-bond donors (Lipinski definition) is 1. The number of carbonyl (C=O) groups excluding carboxylic acids is 1. The molecule has 2 aromatic rings. The maximum atomic E-state index is 9.89. The van der Waals surface area contributed by atoms with E-state index in [9.17, 15) is 4.79 Å². The summed E-state index contributed by atoms with van der Waals surface area (Å²) in [4.78, 5) is 21.8. The Kier molecular flexibility index (Phi) is 46.5. The molecule has 229 valence electrons. The van der Waals surface area contributed by atoms with E-state index in [1.807, 2.05) is 26.2 Å². The zero-order valence-corrected chi connectivity index (χ0v) is 34.7. The molecule has 0 saturated heterocycles. The predicted molar refractivity (Wildman–Crippen MR) is 203 cm³/mol. The van der Waals surface area contributed by atoms with Crippen molar-refractivity contribution in [2.24, 2.45) is 0 Å². The van der Waals surface area contributed by atoms with Crippen molar-refractivity contribution in [3.05, 3.63) is 47.7 Å². The van der Waals surface area contributed by atoms with Crippen LogP contribution in [0.5, 0.6) is 0 Å². The minimum absolute atomic E-state index is 0. The molecule has 1 N–H and O–H groups in total. The number of anilines is 1. The molecule has 0 aliphatic rings. The van der Waals surface area contributed by atoms with Gasteiger partial charge in [-0.1, -0.05) is 40.3 Å². The monoisotopic (exact) mass is 1090 g/mol. The Balaban J connectivity index is -0.000000132. The molecule has 2 heterocycles. The van der Waals surface area contributed by atoms with Crippen LogP contribution < -0.4 is 10.2 Å². The second-order valence-electron chi connectivity index (χ2n) is 6.39. The van der Waals surface area contributed by atoms with Gasteiger partial charge in [0.1, 0.15) is 0 Å². The van der Waals surface area contributed by atoms with Gasteiger partial charge < -0.3 is 15.1 Å². The van der Waals surface area contributed by atoms with Crippen molar-refractivity contribution in [3.63, 3.8) is 0 Å². The normalized spacial score (nSPS) is 8.54. The standard InChI is InChI=1S/C9H12Br2N2.C5H2Br2ClN.C5H11NO.C4H11N.2CH4.2HI.V/c1-3-13(4-2)9-7(10)5-12-6-8(9)11;6-3-1-9-2-4(7)5(3)8;1-3-6(4-2)5-7;1-3-5-4-2;;;;;/h5-6H,3-4H2,1-2H3;1-2H;5H,3-4H2,1-2H3;5H,3-4H2,1-2H3;2*1H4;2*1H;/q;;;;;;;;+2/p-2. The van der Waals surface area contributed by atoms with Crippen LogP contribution in [0.4, 0.5) is 5.69 Å². The summed E-state index contributed by atoms with van der Waals surface area (Å²) in [7, 11) is 0.628. The SMILES string of the molecule is C.C.CCN(C=O)CC.CCN(CC)c1c(Br)cncc1Br.CCNCC.Clc1c(Br)cncc1Br.[I][V][I]. The number of carbonyl (C=O) groups is 1. The van der Waals surface area contributed by atoms with E-state index in [2.05, 4.69) is 152 Å². The second-order valence-corrected chi connectivity index (χ2v) is 22.0. The second kappa shape index (κ2) is 36.0. The third kappa shape index (κ3) is 27.1. The van der Waals surface area contributed by atoms with E-state index in [1.54, 1.807) is 17.3 Å². The third-order valence-corrected chi connectivity index (χ3v) is 7.39.